The summed E-state index contributed by atoms with van der Waals surface area (Å²) < 4.78 is 12.8. The Labute approximate surface area is 179 Å². The first-order chi connectivity index (χ1) is 15.2. The first kappa shape index (κ1) is 19.4. The predicted molar refractivity (Wildman–Crippen MR) is 115 cm³/mol. The van der Waals surface area contributed by atoms with Crippen LogP contribution in [0.1, 0.15) is 12.0 Å². The lowest BCUT2D eigenvalue weighted by Gasteiger charge is -2.26. The van der Waals surface area contributed by atoms with E-state index >= 15 is 0 Å². The van der Waals surface area contributed by atoms with Crippen LogP contribution in [0.25, 0.3) is 33.9 Å². The van der Waals surface area contributed by atoms with E-state index in [4.69, 9.17) is 9.26 Å². The Bertz CT molecular complexity index is 1220. The molecule has 2 aromatic heterocycles. The number of benzene rings is 2. The fourth-order valence-corrected chi connectivity index (χ4v) is 3.83. The van der Waals surface area contributed by atoms with Crippen LogP contribution < -0.4 is 0 Å². The SMILES string of the molecule is Cc1ccccc1-c1nc(-c2ccc3c(c2)ncn3CCC(=O)N2CCOCC2)no1. The molecule has 0 saturated carbocycles. The average Bonchev–Trinajstić information content (AvgIpc) is 3.45. The van der Waals surface area contributed by atoms with Crippen molar-refractivity contribution in [2.45, 2.75) is 19.9 Å². The Morgan fingerprint density at radius 2 is 1.97 bits per heavy atom. The van der Waals surface area contributed by atoms with E-state index in [1.807, 2.05) is 58.9 Å². The van der Waals surface area contributed by atoms with Gasteiger partial charge in [-0.3, -0.25) is 4.79 Å². The smallest absolute Gasteiger partial charge is 0.258 e. The molecule has 158 valence electrons. The summed E-state index contributed by atoms with van der Waals surface area (Å²) in [6, 6.07) is 13.8. The standard InChI is InChI=1S/C23H23N5O3/c1-16-4-2-3-5-18(16)23-25-22(26-31-23)17-6-7-20-19(14-17)24-15-28(20)9-8-21(29)27-10-12-30-13-11-27/h2-7,14-15H,8-13H2,1H3. The number of carbonyl (C=O) groups excluding carboxylic acids is 1. The minimum absolute atomic E-state index is 0.150. The number of fused-ring (bicyclic) bond motifs is 1. The minimum atomic E-state index is 0.150. The van der Waals surface area contributed by atoms with Crippen LogP contribution in [0.2, 0.25) is 0 Å². The van der Waals surface area contributed by atoms with Gasteiger partial charge in [-0.2, -0.15) is 4.98 Å². The molecular formula is C23H23N5O3. The van der Waals surface area contributed by atoms with Gasteiger partial charge in [0.25, 0.3) is 5.89 Å². The number of ether oxygens (including phenoxy) is 1. The molecule has 0 radical (unpaired) electrons. The Morgan fingerprint density at radius 1 is 1.13 bits per heavy atom. The zero-order valence-corrected chi connectivity index (χ0v) is 17.3. The molecule has 1 saturated heterocycles. The molecule has 0 atom stereocenters. The number of hydrogen-bond acceptors (Lipinski definition) is 6. The number of nitrogens with zero attached hydrogens (tertiary/aromatic N) is 5. The maximum Gasteiger partial charge on any atom is 0.258 e. The molecule has 1 aliphatic heterocycles. The van der Waals surface area contributed by atoms with Crippen LogP contribution in [0.15, 0.2) is 53.3 Å². The van der Waals surface area contributed by atoms with E-state index in [0.717, 1.165) is 27.7 Å². The summed E-state index contributed by atoms with van der Waals surface area (Å²) in [6.07, 6.45) is 2.22. The second-order valence-electron chi connectivity index (χ2n) is 7.62. The Balaban J connectivity index is 1.33. The quantitative estimate of drug-likeness (QED) is 0.495. The molecule has 1 amide bonds. The van der Waals surface area contributed by atoms with E-state index in [2.05, 4.69) is 15.1 Å². The number of aromatic nitrogens is 4. The van der Waals surface area contributed by atoms with Crippen LogP contribution in [0.4, 0.5) is 0 Å². The van der Waals surface area contributed by atoms with Crippen LogP contribution >= 0.6 is 0 Å². The molecule has 0 aliphatic carbocycles. The minimum Gasteiger partial charge on any atom is -0.378 e. The summed E-state index contributed by atoms with van der Waals surface area (Å²) in [5.74, 6) is 1.18. The van der Waals surface area contributed by atoms with E-state index < -0.39 is 0 Å². The van der Waals surface area contributed by atoms with E-state index in [9.17, 15) is 4.79 Å². The number of rotatable bonds is 5. The van der Waals surface area contributed by atoms with Gasteiger partial charge in [-0.05, 0) is 36.8 Å². The van der Waals surface area contributed by atoms with Crippen molar-refractivity contribution in [3.05, 3.63) is 54.4 Å². The number of morpholine rings is 1. The molecule has 4 aromatic rings. The highest BCUT2D eigenvalue weighted by atomic mass is 16.5. The topological polar surface area (TPSA) is 86.3 Å². The molecule has 0 spiro atoms. The third kappa shape index (κ3) is 3.94. The van der Waals surface area contributed by atoms with Crippen molar-refractivity contribution >= 4 is 16.9 Å². The van der Waals surface area contributed by atoms with Crippen LogP contribution in [0, 0.1) is 6.92 Å². The van der Waals surface area contributed by atoms with Gasteiger partial charge < -0.3 is 18.7 Å². The zero-order valence-electron chi connectivity index (χ0n) is 17.3. The summed E-state index contributed by atoms with van der Waals surface area (Å²) in [5.41, 5.74) is 4.65. The van der Waals surface area contributed by atoms with E-state index in [-0.39, 0.29) is 5.91 Å². The molecule has 8 heteroatoms. The highest BCUT2D eigenvalue weighted by molar-refractivity contribution is 5.81. The van der Waals surface area contributed by atoms with Gasteiger partial charge in [0, 0.05) is 37.2 Å². The number of aryl methyl sites for hydroxylation is 2. The lowest BCUT2D eigenvalue weighted by atomic mass is 10.1. The monoisotopic (exact) mass is 417 g/mol. The van der Waals surface area contributed by atoms with Crippen LogP contribution in [0.5, 0.6) is 0 Å². The van der Waals surface area contributed by atoms with Crippen molar-refractivity contribution in [3.8, 4) is 22.8 Å². The van der Waals surface area contributed by atoms with Crippen molar-refractivity contribution in [1.29, 1.82) is 0 Å². The number of carbonyl (C=O) groups is 1. The molecular weight excluding hydrogens is 394 g/mol. The summed E-state index contributed by atoms with van der Waals surface area (Å²) in [6.45, 7) is 5.17. The van der Waals surface area contributed by atoms with E-state index in [0.29, 0.717) is 51.0 Å². The van der Waals surface area contributed by atoms with Gasteiger partial charge >= 0.3 is 0 Å². The molecule has 8 nitrogen and oxygen atoms in total. The van der Waals surface area contributed by atoms with Crippen molar-refractivity contribution in [2.75, 3.05) is 26.3 Å². The lowest BCUT2D eigenvalue weighted by molar-refractivity contribution is -0.135. The largest absolute Gasteiger partial charge is 0.378 e. The van der Waals surface area contributed by atoms with Gasteiger partial charge in [0.1, 0.15) is 0 Å². The Kier molecular flexibility index (Phi) is 5.21. The van der Waals surface area contributed by atoms with Crippen molar-refractivity contribution in [3.63, 3.8) is 0 Å². The predicted octanol–water partition coefficient (Wildman–Crippen LogP) is 3.31. The number of imidazole rings is 1. The molecule has 0 N–H and O–H groups in total. The fraction of sp³-hybridized carbons (Fsp3) is 0.304. The Hall–Kier alpha value is -3.52. The van der Waals surface area contributed by atoms with Gasteiger partial charge in [-0.1, -0.05) is 23.4 Å². The summed E-state index contributed by atoms with van der Waals surface area (Å²) in [4.78, 5) is 23.4. The van der Waals surface area contributed by atoms with Crippen molar-refractivity contribution in [1.82, 2.24) is 24.6 Å². The van der Waals surface area contributed by atoms with Crippen LogP contribution in [-0.2, 0) is 16.1 Å². The lowest BCUT2D eigenvalue weighted by Crippen LogP contribution is -2.40. The second kappa shape index (κ2) is 8.31. The average molecular weight is 417 g/mol. The highest BCUT2D eigenvalue weighted by Gasteiger charge is 2.17. The van der Waals surface area contributed by atoms with Crippen molar-refractivity contribution < 1.29 is 14.1 Å². The first-order valence-corrected chi connectivity index (χ1v) is 10.4. The molecule has 1 aliphatic rings. The maximum atomic E-state index is 12.4. The molecule has 0 bridgehead atoms. The van der Waals surface area contributed by atoms with Gasteiger partial charge in [0.2, 0.25) is 11.7 Å². The normalized spacial score (nSPS) is 14.3. The Morgan fingerprint density at radius 3 is 2.81 bits per heavy atom. The molecule has 31 heavy (non-hydrogen) atoms. The van der Waals surface area contributed by atoms with Crippen LogP contribution in [0.3, 0.4) is 0 Å². The molecule has 3 heterocycles. The first-order valence-electron chi connectivity index (χ1n) is 10.4. The molecule has 0 unspecified atom stereocenters. The van der Waals surface area contributed by atoms with Crippen molar-refractivity contribution in [2.24, 2.45) is 0 Å². The number of hydrogen-bond donors (Lipinski definition) is 0. The molecule has 1 fully saturated rings. The van der Waals surface area contributed by atoms with Gasteiger partial charge in [-0.15, -0.1) is 0 Å². The fourth-order valence-electron chi connectivity index (χ4n) is 3.83. The van der Waals surface area contributed by atoms with Gasteiger partial charge in [0.15, 0.2) is 0 Å². The molecule has 5 rings (SSSR count). The summed E-state index contributed by atoms with van der Waals surface area (Å²) in [7, 11) is 0. The summed E-state index contributed by atoms with van der Waals surface area (Å²) >= 11 is 0. The van der Waals surface area contributed by atoms with E-state index in [1.165, 1.54) is 0 Å². The third-order valence-corrected chi connectivity index (χ3v) is 5.61. The van der Waals surface area contributed by atoms with E-state index in [1.54, 1.807) is 6.33 Å². The second-order valence-corrected chi connectivity index (χ2v) is 7.62. The zero-order chi connectivity index (χ0) is 21.2. The van der Waals surface area contributed by atoms with Crippen LogP contribution in [-0.4, -0.2) is 56.8 Å². The highest BCUT2D eigenvalue weighted by Crippen LogP contribution is 2.26. The third-order valence-electron chi connectivity index (χ3n) is 5.61. The molecule has 2 aromatic carbocycles. The summed E-state index contributed by atoms with van der Waals surface area (Å²) in [5, 5.41) is 4.15. The number of amides is 1. The van der Waals surface area contributed by atoms with Gasteiger partial charge in [-0.25, -0.2) is 4.98 Å². The maximum absolute atomic E-state index is 12.4. The van der Waals surface area contributed by atoms with Gasteiger partial charge in [0.05, 0.1) is 30.6 Å².